The summed E-state index contributed by atoms with van der Waals surface area (Å²) in [5, 5.41) is 0. The molecule has 4 nitrogen and oxygen atoms in total. The number of nitrogens with two attached hydrogens (primary N) is 1. The van der Waals surface area contributed by atoms with E-state index in [1.54, 1.807) is 0 Å². The summed E-state index contributed by atoms with van der Waals surface area (Å²) in [7, 11) is 0. The fraction of sp³-hybridized carbons (Fsp3) is 0.625. The van der Waals surface area contributed by atoms with Crippen LogP contribution in [0, 0.1) is 0 Å². The van der Waals surface area contributed by atoms with E-state index in [0.29, 0.717) is 22.5 Å². The molecule has 1 rings (SSSR count). The molecule has 0 unspecified atom stereocenters. The third kappa shape index (κ3) is 7.46. The second kappa shape index (κ2) is 10.6. The SMILES string of the molecule is CCCCCCCCCCOC(=O)c1cc(N)ncc1Br. The van der Waals surface area contributed by atoms with Crippen LogP contribution in [0.15, 0.2) is 16.7 Å². The third-order valence-corrected chi connectivity index (χ3v) is 3.96. The van der Waals surface area contributed by atoms with Crippen LogP contribution < -0.4 is 5.73 Å². The molecule has 21 heavy (non-hydrogen) atoms. The number of aromatic nitrogens is 1. The zero-order valence-corrected chi connectivity index (χ0v) is 14.3. The van der Waals surface area contributed by atoms with E-state index in [-0.39, 0.29) is 5.97 Å². The van der Waals surface area contributed by atoms with Crippen LogP contribution in [0.25, 0.3) is 0 Å². The molecule has 1 heterocycles. The molecule has 0 aliphatic carbocycles. The van der Waals surface area contributed by atoms with Gasteiger partial charge in [-0.15, -0.1) is 0 Å². The Bertz CT molecular complexity index is 438. The van der Waals surface area contributed by atoms with Crippen LogP contribution in [-0.4, -0.2) is 17.6 Å². The van der Waals surface area contributed by atoms with Gasteiger partial charge >= 0.3 is 5.97 Å². The molecule has 0 aliphatic heterocycles. The average molecular weight is 357 g/mol. The number of esters is 1. The van der Waals surface area contributed by atoms with Gasteiger partial charge < -0.3 is 10.5 Å². The number of ether oxygens (including phenoxy) is 1. The number of unbranched alkanes of at least 4 members (excludes halogenated alkanes) is 7. The quantitative estimate of drug-likeness (QED) is 0.486. The van der Waals surface area contributed by atoms with Gasteiger partial charge in [0.25, 0.3) is 0 Å². The van der Waals surface area contributed by atoms with Gasteiger partial charge in [0.05, 0.1) is 16.6 Å². The molecule has 5 heteroatoms. The fourth-order valence-electron chi connectivity index (χ4n) is 2.09. The molecular formula is C16H25BrN2O2. The van der Waals surface area contributed by atoms with Crippen molar-refractivity contribution in [1.82, 2.24) is 4.98 Å². The van der Waals surface area contributed by atoms with Crippen molar-refractivity contribution >= 4 is 27.7 Å². The molecular weight excluding hydrogens is 332 g/mol. The minimum absolute atomic E-state index is 0.317. The van der Waals surface area contributed by atoms with Crippen LogP contribution >= 0.6 is 15.9 Å². The Kier molecular flexibility index (Phi) is 9.06. The van der Waals surface area contributed by atoms with E-state index >= 15 is 0 Å². The van der Waals surface area contributed by atoms with Gasteiger partial charge in [0.1, 0.15) is 5.82 Å². The predicted octanol–water partition coefficient (Wildman–Crippen LogP) is 4.72. The van der Waals surface area contributed by atoms with Crippen molar-refractivity contribution in [2.75, 3.05) is 12.3 Å². The first-order chi connectivity index (χ1) is 10.1. The molecule has 0 saturated heterocycles. The monoisotopic (exact) mass is 356 g/mol. The number of hydrogen-bond acceptors (Lipinski definition) is 4. The summed E-state index contributed by atoms with van der Waals surface area (Å²) in [4.78, 5) is 15.8. The van der Waals surface area contributed by atoms with Gasteiger partial charge in [-0.05, 0) is 28.4 Å². The number of halogens is 1. The van der Waals surface area contributed by atoms with E-state index in [1.165, 1.54) is 50.8 Å². The minimum Gasteiger partial charge on any atom is -0.462 e. The topological polar surface area (TPSA) is 65.2 Å². The molecule has 0 spiro atoms. The first-order valence-electron chi connectivity index (χ1n) is 7.73. The van der Waals surface area contributed by atoms with Crippen LogP contribution in [-0.2, 0) is 4.74 Å². The van der Waals surface area contributed by atoms with E-state index in [2.05, 4.69) is 27.8 Å². The maximum atomic E-state index is 11.9. The van der Waals surface area contributed by atoms with Crippen LogP contribution in [0.1, 0.15) is 68.6 Å². The number of nitrogens with zero attached hydrogens (tertiary/aromatic N) is 1. The number of pyridine rings is 1. The van der Waals surface area contributed by atoms with E-state index in [4.69, 9.17) is 10.5 Å². The summed E-state index contributed by atoms with van der Waals surface area (Å²) in [5.74, 6) is -0.0313. The predicted molar refractivity (Wildman–Crippen MR) is 89.2 cm³/mol. The Balaban J connectivity index is 2.12. The Hall–Kier alpha value is -1.10. The highest BCUT2D eigenvalue weighted by Crippen LogP contribution is 2.18. The van der Waals surface area contributed by atoms with Crippen molar-refractivity contribution in [1.29, 1.82) is 0 Å². The summed E-state index contributed by atoms with van der Waals surface area (Å²) >= 11 is 3.28. The minimum atomic E-state index is -0.348. The van der Waals surface area contributed by atoms with Crippen LogP contribution in [0.2, 0.25) is 0 Å². The molecule has 2 N–H and O–H groups in total. The first-order valence-corrected chi connectivity index (χ1v) is 8.52. The lowest BCUT2D eigenvalue weighted by Gasteiger charge is -2.07. The smallest absolute Gasteiger partial charge is 0.339 e. The normalized spacial score (nSPS) is 10.6. The number of carbonyl (C=O) groups is 1. The van der Waals surface area contributed by atoms with Gasteiger partial charge in [-0.3, -0.25) is 0 Å². The molecule has 0 aliphatic rings. The molecule has 0 fully saturated rings. The lowest BCUT2D eigenvalue weighted by Crippen LogP contribution is -2.08. The number of carbonyl (C=O) groups excluding carboxylic acids is 1. The highest BCUT2D eigenvalue weighted by atomic mass is 79.9. The summed E-state index contributed by atoms with van der Waals surface area (Å²) < 4.78 is 5.87. The van der Waals surface area contributed by atoms with Gasteiger partial charge in [0.2, 0.25) is 0 Å². The second-order valence-corrected chi connectivity index (χ2v) is 6.05. The zero-order chi connectivity index (χ0) is 15.5. The summed E-state index contributed by atoms with van der Waals surface area (Å²) in [6.45, 7) is 2.69. The van der Waals surface area contributed by atoms with E-state index in [9.17, 15) is 4.79 Å². The molecule has 0 aromatic carbocycles. The van der Waals surface area contributed by atoms with Crippen molar-refractivity contribution in [3.05, 3.63) is 22.3 Å². The van der Waals surface area contributed by atoms with E-state index in [0.717, 1.165) is 12.8 Å². The average Bonchev–Trinajstić information content (AvgIpc) is 2.48. The largest absolute Gasteiger partial charge is 0.462 e. The van der Waals surface area contributed by atoms with Crippen LogP contribution in [0.5, 0.6) is 0 Å². The van der Waals surface area contributed by atoms with Gasteiger partial charge in [-0.2, -0.15) is 0 Å². The number of hydrogen-bond donors (Lipinski definition) is 1. The Morgan fingerprint density at radius 1 is 1.19 bits per heavy atom. The van der Waals surface area contributed by atoms with Gasteiger partial charge in [0, 0.05) is 6.20 Å². The maximum absolute atomic E-state index is 11.9. The molecule has 0 radical (unpaired) electrons. The Labute approximate surface area is 135 Å². The lowest BCUT2D eigenvalue weighted by atomic mass is 10.1. The van der Waals surface area contributed by atoms with Gasteiger partial charge in [0.15, 0.2) is 0 Å². The fourth-order valence-corrected chi connectivity index (χ4v) is 2.47. The van der Waals surface area contributed by atoms with Crippen LogP contribution in [0.4, 0.5) is 5.82 Å². The Morgan fingerprint density at radius 3 is 2.48 bits per heavy atom. The van der Waals surface area contributed by atoms with Gasteiger partial charge in [-0.25, -0.2) is 9.78 Å². The van der Waals surface area contributed by atoms with Crippen molar-refractivity contribution in [3.63, 3.8) is 0 Å². The molecule has 118 valence electrons. The molecule has 0 atom stereocenters. The summed E-state index contributed by atoms with van der Waals surface area (Å²) in [6, 6.07) is 1.53. The standard InChI is InChI=1S/C16H25BrN2O2/c1-2-3-4-5-6-7-8-9-10-21-16(20)13-11-15(18)19-12-14(13)17/h11-12H,2-10H2,1H3,(H2,18,19). The van der Waals surface area contributed by atoms with Crippen molar-refractivity contribution in [2.24, 2.45) is 0 Å². The maximum Gasteiger partial charge on any atom is 0.339 e. The highest BCUT2D eigenvalue weighted by Gasteiger charge is 2.12. The highest BCUT2D eigenvalue weighted by molar-refractivity contribution is 9.10. The Morgan fingerprint density at radius 2 is 1.81 bits per heavy atom. The zero-order valence-electron chi connectivity index (χ0n) is 12.7. The molecule has 1 aromatic rings. The number of anilines is 1. The first kappa shape index (κ1) is 18.0. The van der Waals surface area contributed by atoms with Crippen molar-refractivity contribution < 1.29 is 9.53 Å². The second-order valence-electron chi connectivity index (χ2n) is 5.20. The van der Waals surface area contributed by atoms with Gasteiger partial charge in [-0.1, -0.05) is 51.9 Å². The number of nitrogen functional groups attached to an aromatic ring is 1. The summed E-state index contributed by atoms with van der Waals surface area (Å²) in [5.41, 5.74) is 6.00. The molecule has 0 saturated carbocycles. The lowest BCUT2D eigenvalue weighted by molar-refractivity contribution is 0.0496. The molecule has 1 aromatic heterocycles. The van der Waals surface area contributed by atoms with E-state index in [1.807, 2.05) is 0 Å². The van der Waals surface area contributed by atoms with Crippen molar-refractivity contribution in [3.8, 4) is 0 Å². The number of rotatable bonds is 10. The van der Waals surface area contributed by atoms with E-state index < -0.39 is 0 Å². The molecule has 0 bridgehead atoms. The third-order valence-electron chi connectivity index (χ3n) is 3.33. The summed E-state index contributed by atoms with van der Waals surface area (Å²) in [6.07, 6.45) is 11.3. The van der Waals surface area contributed by atoms with Crippen LogP contribution in [0.3, 0.4) is 0 Å². The molecule has 0 amide bonds. The van der Waals surface area contributed by atoms with Crippen molar-refractivity contribution in [2.45, 2.75) is 58.3 Å².